The van der Waals surface area contributed by atoms with Gasteiger partial charge in [0.25, 0.3) is 0 Å². The number of benzene rings is 1. The Hall–Kier alpha value is -2.37. The molecule has 6 heteroatoms. The third kappa shape index (κ3) is 4.72. The first-order valence-electron chi connectivity index (χ1n) is 6.24. The van der Waals surface area contributed by atoms with Crippen LogP contribution in [0.1, 0.15) is 26.3 Å². The smallest absolute Gasteiger partial charge is 0.330 e. The molecule has 0 atom stereocenters. The molecule has 1 aromatic carbocycles. The molecule has 0 aromatic heterocycles. The van der Waals surface area contributed by atoms with Crippen LogP contribution in [0.25, 0.3) is 6.08 Å². The quantitative estimate of drug-likeness (QED) is 0.346. The fourth-order valence-corrected chi connectivity index (χ4v) is 1.49. The van der Waals surface area contributed by atoms with Crippen LogP contribution >= 0.6 is 0 Å². The van der Waals surface area contributed by atoms with Crippen molar-refractivity contribution in [3.63, 3.8) is 0 Å². The molecule has 0 unspecified atom stereocenters. The van der Waals surface area contributed by atoms with Crippen LogP contribution in [-0.4, -0.2) is 23.6 Å². The predicted molar refractivity (Wildman–Crippen MR) is 74.5 cm³/mol. The summed E-state index contributed by atoms with van der Waals surface area (Å²) in [5.41, 5.74) is 0.394. The molecule has 1 rings (SSSR count). The largest absolute Gasteiger partial charge is 0.484 e. The lowest BCUT2D eigenvalue weighted by molar-refractivity contribution is -0.386. The summed E-state index contributed by atoms with van der Waals surface area (Å²) in [7, 11) is 0. The Labute approximate surface area is 117 Å². The van der Waals surface area contributed by atoms with Crippen LogP contribution in [0.15, 0.2) is 24.3 Å². The summed E-state index contributed by atoms with van der Waals surface area (Å²) in [5.74, 6) is -0.282. The van der Waals surface area contributed by atoms with Crippen LogP contribution in [0.4, 0.5) is 5.69 Å². The molecule has 0 saturated carbocycles. The van der Waals surface area contributed by atoms with Crippen LogP contribution in [-0.2, 0) is 9.53 Å². The Kier molecular flexibility index (Phi) is 5.71. The van der Waals surface area contributed by atoms with Gasteiger partial charge < -0.3 is 9.47 Å². The van der Waals surface area contributed by atoms with E-state index in [0.29, 0.717) is 5.56 Å². The highest BCUT2D eigenvalue weighted by molar-refractivity contribution is 5.87. The zero-order chi connectivity index (χ0) is 15.1. The number of nitro groups is 1. The minimum Gasteiger partial charge on any atom is -0.484 e. The summed E-state index contributed by atoms with van der Waals surface area (Å²) in [4.78, 5) is 21.7. The number of carbonyl (C=O) groups is 1. The van der Waals surface area contributed by atoms with E-state index in [0.717, 1.165) is 0 Å². The Bertz CT molecular complexity index is 522. The molecule has 1 aromatic rings. The van der Waals surface area contributed by atoms with Gasteiger partial charge in [-0.05, 0) is 38.5 Å². The molecule has 0 bridgehead atoms. The van der Waals surface area contributed by atoms with Gasteiger partial charge in [-0.15, -0.1) is 0 Å². The predicted octanol–water partition coefficient (Wildman–Crippen LogP) is 2.96. The highest BCUT2D eigenvalue weighted by Gasteiger charge is 2.16. The number of esters is 1. The Morgan fingerprint density at radius 2 is 2.15 bits per heavy atom. The zero-order valence-corrected chi connectivity index (χ0v) is 11.7. The van der Waals surface area contributed by atoms with Gasteiger partial charge in [0.1, 0.15) is 0 Å². The van der Waals surface area contributed by atoms with Gasteiger partial charge in [0, 0.05) is 12.1 Å². The Morgan fingerprint density at radius 3 is 2.70 bits per heavy atom. The van der Waals surface area contributed by atoms with Crippen molar-refractivity contribution >= 4 is 17.7 Å². The van der Waals surface area contributed by atoms with Gasteiger partial charge in [-0.3, -0.25) is 10.1 Å². The number of nitro benzene ring substituents is 1. The van der Waals surface area contributed by atoms with Crippen molar-refractivity contribution in [2.75, 3.05) is 6.61 Å². The molecule has 0 aliphatic carbocycles. The highest BCUT2D eigenvalue weighted by Crippen LogP contribution is 2.29. The van der Waals surface area contributed by atoms with Crippen molar-refractivity contribution in [1.29, 1.82) is 0 Å². The second-order valence-corrected chi connectivity index (χ2v) is 4.24. The lowest BCUT2D eigenvalue weighted by Crippen LogP contribution is -2.07. The van der Waals surface area contributed by atoms with Gasteiger partial charge >= 0.3 is 11.7 Å². The van der Waals surface area contributed by atoms with Crippen LogP contribution in [0.2, 0.25) is 0 Å². The van der Waals surface area contributed by atoms with Gasteiger partial charge in [-0.2, -0.15) is 0 Å². The fourth-order valence-electron chi connectivity index (χ4n) is 1.49. The molecule has 0 N–H and O–H groups in total. The zero-order valence-electron chi connectivity index (χ0n) is 11.7. The van der Waals surface area contributed by atoms with Gasteiger partial charge in [0.15, 0.2) is 5.75 Å². The van der Waals surface area contributed by atoms with Crippen LogP contribution in [0.5, 0.6) is 5.75 Å². The number of hydrogen-bond donors (Lipinski definition) is 0. The van der Waals surface area contributed by atoms with Gasteiger partial charge in [0.05, 0.1) is 17.6 Å². The summed E-state index contributed by atoms with van der Waals surface area (Å²) in [5, 5.41) is 11.0. The lowest BCUT2D eigenvalue weighted by atomic mass is 10.1. The van der Waals surface area contributed by atoms with Crippen molar-refractivity contribution in [1.82, 2.24) is 0 Å². The number of hydrogen-bond acceptors (Lipinski definition) is 5. The maximum atomic E-state index is 11.2. The number of nitrogens with zero attached hydrogens (tertiary/aromatic N) is 1. The summed E-state index contributed by atoms with van der Waals surface area (Å²) in [6, 6.07) is 4.51. The summed E-state index contributed by atoms with van der Waals surface area (Å²) in [6.45, 7) is 5.57. The SMILES string of the molecule is CCOC(=O)C=Cc1ccc(OC(C)C)c([N+](=O)[O-])c1. The average Bonchev–Trinajstić information content (AvgIpc) is 2.37. The van der Waals surface area contributed by atoms with E-state index in [1.807, 2.05) is 0 Å². The second-order valence-electron chi connectivity index (χ2n) is 4.24. The van der Waals surface area contributed by atoms with Crippen LogP contribution in [0, 0.1) is 10.1 Å². The van der Waals surface area contributed by atoms with E-state index in [-0.39, 0.29) is 24.1 Å². The van der Waals surface area contributed by atoms with E-state index >= 15 is 0 Å². The molecule has 0 aliphatic rings. The minimum atomic E-state index is -0.514. The van der Waals surface area contributed by atoms with E-state index in [1.165, 1.54) is 24.3 Å². The molecular formula is C14H17NO5. The van der Waals surface area contributed by atoms with E-state index in [9.17, 15) is 14.9 Å². The number of ether oxygens (including phenoxy) is 2. The summed E-state index contributed by atoms with van der Waals surface area (Å²) in [6.07, 6.45) is 2.53. The van der Waals surface area contributed by atoms with Crippen molar-refractivity contribution in [2.45, 2.75) is 26.9 Å². The van der Waals surface area contributed by atoms with Crippen LogP contribution < -0.4 is 4.74 Å². The number of rotatable bonds is 6. The van der Waals surface area contributed by atoms with Crippen molar-refractivity contribution in [3.05, 3.63) is 40.0 Å². The second kappa shape index (κ2) is 7.28. The molecule has 0 heterocycles. The monoisotopic (exact) mass is 279 g/mol. The van der Waals surface area contributed by atoms with Crippen molar-refractivity contribution in [2.24, 2.45) is 0 Å². The topological polar surface area (TPSA) is 78.7 Å². The van der Waals surface area contributed by atoms with E-state index in [1.54, 1.807) is 26.8 Å². The maximum Gasteiger partial charge on any atom is 0.330 e. The minimum absolute atomic E-state index is 0.135. The molecule has 0 fully saturated rings. The summed E-state index contributed by atoms with van der Waals surface area (Å²) >= 11 is 0. The third-order valence-corrected chi connectivity index (χ3v) is 2.24. The third-order valence-electron chi connectivity index (χ3n) is 2.24. The Balaban J connectivity index is 2.98. The molecule has 0 amide bonds. The van der Waals surface area contributed by atoms with Crippen LogP contribution in [0.3, 0.4) is 0 Å². The van der Waals surface area contributed by atoms with Gasteiger partial charge in [-0.1, -0.05) is 6.07 Å². The molecule has 108 valence electrons. The fraction of sp³-hybridized carbons (Fsp3) is 0.357. The van der Waals surface area contributed by atoms with Gasteiger partial charge in [-0.25, -0.2) is 4.79 Å². The first-order valence-corrected chi connectivity index (χ1v) is 6.24. The first-order chi connectivity index (χ1) is 9.43. The molecule has 0 radical (unpaired) electrons. The van der Waals surface area contributed by atoms with E-state index < -0.39 is 10.9 Å². The van der Waals surface area contributed by atoms with E-state index in [4.69, 9.17) is 9.47 Å². The Morgan fingerprint density at radius 1 is 1.45 bits per heavy atom. The normalized spacial score (nSPS) is 10.8. The lowest BCUT2D eigenvalue weighted by Gasteiger charge is -2.10. The first kappa shape index (κ1) is 15.7. The molecule has 0 spiro atoms. The summed E-state index contributed by atoms with van der Waals surface area (Å²) < 4.78 is 10.1. The molecule has 0 aliphatic heterocycles. The van der Waals surface area contributed by atoms with E-state index in [2.05, 4.69) is 0 Å². The molecule has 0 saturated heterocycles. The maximum absolute atomic E-state index is 11.2. The molecule has 6 nitrogen and oxygen atoms in total. The molecular weight excluding hydrogens is 262 g/mol. The van der Waals surface area contributed by atoms with Crippen molar-refractivity contribution < 1.29 is 19.2 Å². The highest BCUT2D eigenvalue weighted by atomic mass is 16.6. The van der Waals surface area contributed by atoms with Crippen molar-refractivity contribution in [3.8, 4) is 5.75 Å². The molecule has 20 heavy (non-hydrogen) atoms. The average molecular weight is 279 g/mol. The van der Waals surface area contributed by atoms with Gasteiger partial charge in [0.2, 0.25) is 0 Å². The number of carbonyl (C=O) groups excluding carboxylic acids is 1. The standard InChI is InChI=1S/C14H17NO5/c1-4-19-14(16)8-6-11-5-7-13(20-10(2)3)12(9-11)15(17)18/h5-10H,4H2,1-3H3.